The highest BCUT2D eigenvalue weighted by Gasteiger charge is 2.11. The van der Waals surface area contributed by atoms with Gasteiger partial charge in [0, 0.05) is 6.07 Å². The van der Waals surface area contributed by atoms with Gasteiger partial charge in [-0.25, -0.2) is 0 Å². The fraction of sp³-hybridized carbons (Fsp3) is 0.267. The number of hydrogen-bond acceptors (Lipinski definition) is 3. The van der Waals surface area contributed by atoms with E-state index in [1.807, 2.05) is 19.9 Å². The number of allylic oxidation sites excluding steroid dienone is 2. The molecular weight excluding hydrogens is 228 g/mol. The van der Waals surface area contributed by atoms with E-state index in [9.17, 15) is 9.90 Å². The molecule has 0 aliphatic rings. The summed E-state index contributed by atoms with van der Waals surface area (Å²) in [5.41, 5.74) is 2.13. The molecule has 94 valence electrons. The first kappa shape index (κ1) is 12.4. The highest BCUT2D eigenvalue weighted by Crippen LogP contribution is 2.27. The number of hydrogen-bond donors (Lipinski definition) is 1. The Morgan fingerprint density at radius 2 is 2.11 bits per heavy atom. The van der Waals surface area contributed by atoms with Crippen molar-refractivity contribution in [3.63, 3.8) is 0 Å². The molecule has 3 nitrogen and oxygen atoms in total. The molecule has 0 spiro atoms. The highest BCUT2D eigenvalue weighted by molar-refractivity contribution is 5.84. The van der Waals surface area contributed by atoms with Gasteiger partial charge in [-0.1, -0.05) is 17.7 Å². The van der Waals surface area contributed by atoms with E-state index < -0.39 is 0 Å². The van der Waals surface area contributed by atoms with Gasteiger partial charge in [0.1, 0.15) is 22.5 Å². The van der Waals surface area contributed by atoms with Gasteiger partial charge >= 0.3 is 0 Å². The van der Waals surface area contributed by atoms with Gasteiger partial charge in [-0.15, -0.1) is 0 Å². The van der Waals surface area contributed by atoms with Gasteiger partial charge in [0.15, 0.2) is 5.43 Å². The van der Waals surface area contributed by atoms with Crippen molar-refractivity contribution in [2.24, 2.45) is 0 Å². The molecule has 0 saturated heterocycles. The van der Waals surface area contributed by atoms with Crippen molar-refractivity contribution in [2.75, 3.05) is 0 Å². The van der Waals surface area contributed by atoms with Crippen LogP contribution in [0, 0.1) is 6.92 Å². The summed E-state index contributed by atoms with van der Waals surface area (Å²) in [6.07, 6.45) is 2.62. The first-order chi connectivity index (χ1) is 8.49. The zero-order chi connectivity index (χ0) is 13.3. The van der Waals surface area contributed by atoms with Crippen LogP contribution >= 0.6 is 0 Å². The molecule has 2 aromatic rings. The molecule has 2 rings (SSSR count). The minimum Gasteiger partial charge on any atom is -0.507 e. The van der Waals surface area contributed by atoms with E-state index in [0.717, 1.165) is 5.56 Å². The number of rotatable bonds is 2. The fourth-order valence-corrected chi connectivity index (χ4v) is 1.88. The maximum Gasteiger partial charge on any atom is 0.196 e. The van der Waals surface area contributed by atoms with Gasteiger partial charge < -0.3 is 9.52 Å². The number of phenolic OH excluding ortho intramolecular Hbond substituents is 1. The summed E-state index contributed by atoms with van der Waals surface area (Å²) in [4.78, 5) is 11.9. The third-order valence-corrected chi connectivity index (χ3v) is 2.81. The molecule has 18 heavy (non-hydrogen) atoms. The van der Waals surface area contributed by atoms with E-state index in [0.29, 0.717) is 17.8 Å². The molecular formula is C15H16O3. The van der Waals surface area contributed by atoms with Crippen molar-refractivity contribution in [2.45, 2.75) is 27.2 Å². The van der Waals surface area contributed by atoms with Crippen LogP contribution in [0.2, 0.25) is 0 Å². The number of fused-ring (bicyclic) bond motifs is 1. The van der Waals surface area contributed by atoms with E-state index in [-0.39, 0.29) is 16.6 Å². The Morgan fingerprint density at radius 1 is 1.39 bits per heavy atom. The predicted octanol–water partition coefficient (Wildman–Crippen LogP) is 3.32. The Bertz CT molecular complexity index is 674. The topological polar surface area (TPSA) is 50.4 Å². The summed E-state index contributed by atoms with van der Waals surface area (Å²) in [7, 11) is 0. The lowest BCUT2D eigenvalue weighted by Crippen LogP contribution is -2.01. The van der Waals surface area contributed by atoms with Gasteiger partial charge in [-0.05, 0) is 38.8 Å². The molecule has 0 fully saturated rings. The minimum absolute atomic E-state index is 0.0266. The zero-order valence-electron chi connectivity index (χ0n) is 10.8. The maximum absolute atomic E-state index is 11.9. The number of benzene rings is 1. The Labute approximate surface area is 105 Å². The molecule has 1 aromatic carbocycles. The third-order valence-electron chi connectivity index (χ3n) is 2.81. The van der Waals surface area contributed by atoms with E-state index in [4.69, 9.17) is 4.42 Å². The van der Waals surface area contributed by atoms with Gasteiger partial charge in [0.05, 0.1) is 0 Å². The summed E-state index contributed by atoms with van der Waals surface area (Å²) in [6.45, 7) is 5.71. The van der Waals surface area contributed by atoms with Crippen LogP contribution < -0.4 is 5.43 Å². The summed E-state index contributed by atoms with van der Waals surface area (Å²) in [5.74, 6) is 0.572. The second-order valence-electron chi connectivity index (χ2n) is 4.65. The normalized spacial score (nSPS) is 10.6. The van der Waals surface area contributed by atoms with Crippen LogP contribution in [0.25, 0.3) is 11.0 Å². The maximum atomic E-state index is 11.9. The number of aromatic hydroxyl groups is 1. The van der Waals surface area contributed by atoms with Crippen molar-refractivity contribution < 1.29 is 9.52 Å². The van der Waals surface area contributed by atoms with Crippen molar-refractivity contribution in [3.8, 4) is 5.75 Å². The molecule has 0 amide bonds. The summed E-state index contributed by atoms with van der Waals surface area (Å²) < 4.78 is 5.43. The van der Waals surface area contributed by atoms with E-state index in [2.05, 4.69) is 0 Å². The number of phenols is 1. The average Bonchev–Trinajstić information content (AvgIpc) is 2.26. The van der Waals surface area contributed by atoms with Crippen LogP contribution in [0.5, 0.6) is 5.75 Å². The first-order valence-corrected chi connectivity index (χ1v) is 5.87. The SMILES string of the molecule is CC(C)=CCc1ccc2oc(C)cc(=O)c2c1O. The second-order valence-corrected chi connectivity index (χ2v) is 4.65. The van der Waals surface area contributed by atoms with Gasteiger partial charge in [-0.2, -0.15) is 0 Å². The minimum atomic E-state index is -0.203. The molecule has 1 N–H and O–H groups in total. The van der Waals surface area contributed by atoms with Gasteiger partial charge in [0.25, 0.3) is 0 Å². The molecule has 0 radical (unpaired) electrons. The van der Waals surface area contributed by atoms with Crippen molar-refractivity contribution >= 4 is 11.0 Å². The molecule has 3 heteroatoms. The summed E-state index contributed by atoms with van der Waals surface area (Å²) in [6, 6.07) is 4.92. The van der Waals surface area contributed by atoms with E-state index in [1.165, 1.54) is 11.6 Å². The Balaban J connectivity index is 2.64. The molecule has 0 aliphatic heterocycles. The van der Waals surface area contributed by atoms with E-state index in [1.54, 1.807) is 19.1 Å². The lowest BCUT2D eigenvalue weighted by molar-refractivity contribution is 0.473. The molecule has 0 aliphatic carbocycles. The second kappa shape index (κ2) is 4.69. The quantitative estimate of drug-likeness (QED) is 0.824. The first-order valence-electron chi connectivity index (χ1n) is 5.87. The molecule has 0 bridgehead atoms. The van der Waals surface area contributed by atoms with Crippen molar-refractivity contribution in [3.05, 3.63) is 51.4 Å². The lowest BCUT2D eigenvalue weighted by atomic mass is 10.1. The average molecular weight is 244 g/mol. The molecule has 1 heterocycles. The monoisotopic (exact) mass is 244 g/mol. The Hall–Kier alpha value is -2.03. The predicted molar refractivity (Wildman–Crippen MR) is 72.0 cm³/mol. The molecule has 0 unspecified atom stereocenters. The molecule has 1 aromatic heterocycles. The zero-order valence-corrected chi connectivity index (χ0v) is 10.8. The highest BCUT2D eigenvalue weighted by atomic mass is 16.3. The van der Waals surface area contributed by atoms with Crippen LogP contribution in [-0.4, -0.2) is 5.11 Å². The Morgan fingerprint density at radius 3 is 2.78 bits per heavy atom. The van der Waals surface area contributed by atoms with Crippen LogP contribution in [0.3, 0.4) is 0 Å². The van der Waals surface area contributed by atoms with Gasteiger partial charge in [-0.3, -0.25) is 4.79 Å². The van der Waals surface area contributed by atoms with Crippen LogP contribution in [0.4, 0.5) is 0 Å². The standard InChI is InChI=1S/C15H16O3/c1-9(2)4-5-11-6-7-13-14(15(11)17)12(16)8-10(3)18-13/h4,6-8,17H,5H2,1-3H3. The summed E-state index contributed by atoms with van der Waals surface area (Å²) in [5, 5.41) is 10.4. The third kappa shape index (κ3) is 2.30. The fourth-order valence-electron chi connectivity index (χ4n) is 1.88. The van der Waals surface area contributed by atoms with Gasteiger partial charge in [0.2, 0.25) is 0 Å². The smallest absolute Gasteiger partial charge is 0.196 e. The molecule has 0 atom stereocenters. The van der Waals surface area contributed by atoms with Crippen molar-refractivity contribution in [1.82, 2.24) is 0 Å². The van der Waals surface area contributed by atoms with Crippen LogP contribution in [0.15, 0.2) is 39.1 Å². The number of aryl methyl sites for hydroxylation is 1. The van der Waals surface area contributed by atoms with Crippen LogP contribution in [0.1, 0.15) is 25.2 Å². The van der Waals surface area contributed by atoms with Crippen molar-refractivity contribution in [1.29, 1.82) is 0 Å². The summed E-state index contributed by atoms with van der Waals surface area (Å²) >= 11 is 0. The van der Waals surface area contributed by atoms with E-state index >= 15 is 0 Å². The Kier molecular flexibility index (Phi) is 3.24. The van der Waals surface area contributed by atoms with Crippen LogP contribution in [-0.2, 0) is 6.42 Å². The largest absolute Gasteiger partial charge is 0.507 e. The lowest BCUT2D eigenvalue weighted by Gasteiger charge is -2.06. The molecule has 0 saturated carbocycles.